The number of urea groups is 1. The summed E-state index contributed by atoms with van der Waals surface area (Å²) in [6.07, 6.45) is 0. The summed E-state index contributed by atoms with van der Waals surface area (Å²) in [5.41, 5.74) is 1.73. The van der Waals surface area contributed by atoms with Crippen molar-refractivity contribution in [3.05, 3.63) is 54.1 Å². The Morgan fingerprint density at radius 2 is 1.40 bits per heavy atom. The van der Waals surface area contributed by atoms with E-state index in [2.05, 4.69) is 16.0 Å². The fourth-order valence-electron chi connectivity index (χ4n) is 2.37. The number of rotatable bonds is 5. The Balaban J connectivity index is 1.99. The molecule has 0 heterocycles. The minimum atomic E-state index is -0.549. The molecule has 3 amide bonds. The van der Waals surface area contributed by atoms with Crippen molar-refractivity contribution in [2.24, 2.45) is 0 Å². The Hall–Kier alpha value is -3.02. The minimum Gasteiger partial charge on any atom is -0.497 e. The van der Waals surface area contributed by atoms with Crippen molar-refractivity contribution in [3.8, 4) is 5.75 Å². The van der Waals surface area contributed by atoms with Crippen LogP contribution in [0.15, 0.2) is 48.5 Å². The van der Waals surface area contributed by atoms with Crippen LogP contribution in [0.4, 0.5) is 16.2 Å². The minimum absolute atomic E-state index is 0.139. The number of hydrogen-bond acceptors (Lipinski definition) is 3. The van der Waals surface area contributed by atoms with Gasteiger partial charge in [-0.05, 0) is 55.8 Å². The molecule has 0 saturated carbocycles. The Morgan fingerprint density at radius 1 is 0.880 bits per heavy atom. The molecular weight excluding hydrogens is 318 g/mol. The highest BCUT2D eigenvalue weighted by Gasteiger charge is 2.22. The van der Waals surface area contributed by atoms with E-state index in [1.165, 1.54) is 6.92 Å². The van der Waals surface area contributed by atoms with Crippen LogP contribution in [-0.4, -0.2) is 19.0 Å². The maximum absolute atomic E-state index is 12.3. The number of amides is 3. The molecule has 2 aromatic carbocycles. The monoisotopic (exact) mass is 341 g/mol. The topological polar surface area (TPSA) is 79.5 Å². The molecule has 25 heavy (non-hydrogen) atoms. The van der Waals surface area contributed by atoms with Gasteiger partial charge in [-0.15, -0.1) is 0 Å². The molecule has 2 rings (SSSR count). The van der Waals surface area contributed by atoms with Gasteiger partial charge >= 0.3 is 6.03 Å². The van der Waals surface area contributed by atoms with Gasteiger partial charge in [0.2, 0.25) is 5.91 Å². The molecule has 3 N–H and O–H groups in total. The fraction of sp³-hybridized carbons (Fsp3) is 0.263. The number of methoxy groups -OCH3 is 1. The summed E-state index contributed by atoms with van der Waals surface area (Å²) < 4.78 is 5.15. The summed E-state index contributed by atoms with van der Waals surface area (Å²) in [4.78, 5) is 23.3. The van der Waals surface area contributed by atoms with E-state index in [1.54, 1.807) is 31.4 Å². The molecule has 0 radical (unpaired) electrons. The Labute approximate surface area is 147 Å². The molecule has 2 aromatic rings. The zero-order valence-corrected chi connectivity index (χ0v) is 14.8. The van der Waals surface area contributed by atoms with Crippen molar-refractivity contribution < 1.29 is 14.3 Å². The average Bonchev–Trinajstić information content (AvgIpc) is 2.55. The number of carbonyl (C=O) groups is 2. The highest BCUT2D eigenvalue weighted by atomic mass is 16.5. The van der Waals surface area contributed by atoms with Crippen molar-refractivity contribution in [2.45, 2.75) is 26.3 Å². The summed E-state index contributed by atoms with van der Waals surface area (Å²) in [5, 5.41) is 8.41. The lowest BCUT2D eigenvalue weighted by Crippen LogP contribution is -2.43. The summed E-state index contributed by atoms with van der Waals surface area (Å²) in [7, 11) is 1.61. The van der Waals surface area contributed by atoms with Crippen molar-refractivity contribution in [1.29, 1.82) is 0 Å². The maximum atomic E-state index is 12.3. The van der Waals surface area contributed by atoms with Gasteiger partial charge in [0, 0.05) is 18.3 Å². The van der Waals surface area contributed by atoms with Crippen LogP contribution in [-0.2, 0) is 10.3 Å². The molecule has 0 aliphatic carbocycles. The Bertz CT molecular complexity index is 738. The second kappa shape index (κ2) is 7.70. The second-order valence-electron chi connectivity index (χ2n) is 6.19. The first-order valence-corrected chi connectivity index (χ1v) is 7.91. The predicted octanol–water partition coefficient (Wildman–Crippen LogP) is 3.71. The average molecular weight is 341 g/mol. The summed E-state index contributed by atoms with van der Waals surface area (Å²) in [6, 6.07) is 14.2. The van der Waals surface area contributed by atoms with Gasteiger partial charge in [0.1, 0.15) is 5.75 Å². The zero-order valence-electron chi connectivity index (χ0n) is 14.8. The quantitative estimate of drug-likeness (QED) is 0.775. The molecule has 6 nitrogen and oxygen atoms in total. The first-order valence-electron chi connectivity index (χ1n) is 7.91. The summed E-state index contributed by atoms with van der Waals surface area (Å²) in [5.74, 6) is 0.628. The van der Waals surface area contributed by atoms with Crippen LogP contribution < -0.4 is 20.7 Å². The van der Waals surface area contributed by atoms with E-state index in [0.717, 1.165) is 11.3 Å². The van der Waals surface area contributed by atoms with Gasteiger partial charge in [0.25, 0.3) is 0 Å². The number of anilines is 2. The molecule has 0 fully saturated rings. The van der Waals surface area contributed by atoms with E-state index in [-0.39, 0.29) is 11.9 Å². The lowest BCUT2D eigenvalue weighted by atomic mass is 9.94. The molecule has 0 unspecified atom stereocenters. The van der Waals surface area contributed by atoms with Gasteiger partial charge in [0.15, 0.2) is 0 Å². The van der Waals surface area contributed by atoms with Crippen LogP contribution in [0.1, 0.15) is 26.3 Å². The summed E-state index contributed by atoms with van der Waals surface area (Å²) >= 11 is 0. The van der Waals surface area contributed by atoms with Crippen LogP contribution >= 0.6 is 0 Å². The number of ether oxygens (including phenoxy) is 1. The lowest BCUT2D eigenvalue weighted by molar-refractivity contribution is -0.114. The van der Waals surface area contributed by atoms with Gasteiger partial charge in [-0.25, -0.2) is 4.79 Å². The van der Waals surface area contributed by atoms with Crippen molar-refractivity contribution in [3.63, 3.8) is 0 Å². The molecule has 0 aromatic heterocycles. The van der Waals surface area contributed by atoms with Gasteiger partial charge < -0.3 is 20.7 Å². The zero-order chi connectivity index (χ0) is 18.4. The number of carbonyl (C=O) groups excluding carboxylic acids is 2. The molecule has 6 heteroatoms. The van der Waals surface area contributed by atoms with E-state index in [1.807, 2.05) is 38.1 Å². The number of benzene rings is 2. The van der Waals surface area contributed by atoms with Crippen LogP contribution in [0.2, 0.25) is 0 Å². The van der Waals surface area contributed by atoms with E-state index in [9.17, 15) is 9.59 Å². The Kier molecular flexibility index (Phi) is 5.64. The van der Waals surface area contributed by atoms with Gasteiger partial charge in [-0.1, -0.05) is 12.1 Å². The SMILES string of the molecule is COc1ccc(C(C)(C)NC(=O)Nc2ccc(NC(C)=O)cc2)cc1. The maximum Gasteiger partial charge on any atom is 0.319 e. The third-order valence-corrected chi connectivity index (χ3v) is 3.70. The standard InChI is InChI=1S/C19H23N3O3/c1-13(23)20-15-7-9-16(10-8-15)21-18(24)22-19(2,3)14-5-11-17(25-4)12-6-14/h5-12H,1-4H3,(H,20,23)(H2,21,22,24). The van der Waals surface area contributed by atoms with E-state index in [0.29, 0.717) is 11.4 Å². The predicted molar refractivity (Wildman–Crippen MR) is 98.9 cm³/mol. The number of hydrogen-bond donors (Lipinski definition) is 3. The molecule has 0 aliphatic heterocycles. The van der Waals surface area contributed by atoms with Gasteiger partial charge in [-0.2, -0.15) is 0 Å². The largest absolute Gasteiger partial charge is 0.497 e. The second-order valence-corrected chi connectivity index (χ2v) is 6.19. The van der Waals surface area contributed by atoms with Gasteiger partial charge in [0.05, 0.1) is 12.6 Å². The fourth-order valence-corrected chi connectivity index (χ4v) is 2.37. The number of nitrogens with one attached hydrogen (secondary N) is 3. The summed E-state index contributed by atoms with van der Waals surface area (Å²) in [6.45, 7) is 5.30. The van der Waals surface area contributed by atoms with E-state index >= 15 is 0 Å². The highest BCUT2D eigenvalue weighted by molar-refractivity contribution is 5.91. The normalized spacial score (nSPS) is 10.7. The van der Waals surface area contributed by atoms with Crippen molar-refractivity contribution >= 4 is 23.3 Å². The molecule has 132 valence electrons. The molecule has 0 spiro atoms. The van der Waals surface area contributed by atoms with E-state index < -0.39 is 5.54 Å². The van der Waals surface area contributed by atoms with Crippen LogP contribution in [0.25, 0.3) is 0 Å². The Morgan fingerprint density at radius 3 is 1.88 bits per heavy atom. The van der Waals surface area contributed by atoms with Crippen LogP contribution in [0.3, 0.4) is 0 Å². The smallest absolute Gasteiger partial charge is 0.319 e. The highest BCUT2D eigenvalue weighted by Crippen LogP contribution is 2.23. The molecule has 0 atom stereocenters. The molecule has 0 bridgehead atoms. The van der Waals surface area contributed by atoms with E-state index in [4.69, 9.17) is 4.74 Å². The van der Waals surface area contributed by atoms with Crippen molar-refractivity contribution in [2.75, 3.05) is 17.7 Å². The molecular formula is C19H23N3O3. The van der Waals surface area contributed by atoms with Crippen LogP contribution in [0, 0.1) is 0 Å². The van der Waals surface area contributed by atoms with Crippen LogP contribution in [0.5, 0.6) is 5.75 Å². The third-order valence-electron chi connectivity index (χ3n) is 3.70. The van der Waals surface area contributed by atoms with Crippen molar-refractivity contribution in [1.82, 2.24) is 5.32 Å². The molecule has 0 saturated heterocycles. The van der Waals surface area contributed by atoms with Gasteiger partial charge in [-0.3, -0.25) is 4.79 Å². The first-order chi connectivity index (χ1) is 11.8. The first kappa shape index (κ1) is 18.3. The lowest BCUT2D eigenvalue weighted by Gasteiger charge is -2.27. The third kappa shape index (κ3) is 5.24. The molecule has 0 aliphatic rings.